The van der Waals surface area contributed by atoms with Crippen LogP contribution in [0, 0.1) is 0 Å². The van der Waals surface area contributed by atoms with E-state index in [2.05, 4.69) is 10.4 Å². The maximum atomic E-state index is 12.9. The summed E-state index contributed by atoms with van der Waals surface area (Å²) in [6, 6.07) is 15.5. The molecular formula is C25H24N4O3. The number of hydrogen-bond acceptors (Lipinski definition) is 5. The Hall–Kier alpha value is -3.74. The number of rotatable bonds is 6. The second kappa shape index (κ2) is 8.07. The first-order valence-corrected chi connectivity index (χ1v) is 10.8. The van der Waals surface area contributed by atoms with Crippen molar-refractivity contribution >= 4 is 39.4 Å². The third-order valence-electron chi connectivity index (χ3n) is 5.66. The van der Waals surface area contributed by atoms with Crippen LogP contribution in [0.15, 0.2) is 54.7 Å². The van der Waals surface area contributed by atoms with Crippen molar-refractivity contribution in [2.75, 3.05) is 11.9 Å². The van der Waals surface area contributed by atoms with Crippen molar-refractivity contribution in [2.24, 2.45) is 0 Å². The fourth-order valence-corrected chi connectivity index (χ4v) is 3.85. The maximum Gasteiger partial charge on any atom is 0.339 e. The molecule has 1 fully saturated rings. The number of hydrogen-bond donors (Lipinski definition) is 1. The van der Waals surface area contributed by atoms with E-state index in [1.54, 1.807) is 12.3 Å². The summed E-state index contributed by atoms with van der Waals surface area (Å²) in [4.78, 5) is 30.1. The summed E-state index contributed by atoms with van der Waals surface area (Å²) >= 11 is 0. The van der Waals surface area contributed by atoms with Crippen LogP contribution in [-0.2, 0) is 9.53 Å². The van der Waals surface area contributed by atoms with Gasteiger partial charge in [0.2, 0.25) is 0 Å². The zero-order valence-electron chi connectivity index (χ0n) is 18.0. The standard InChI is InChI=1S/C25H24N4O3/c1-15(2)29-24-21(13-26-29)20(12-22(28-24)17-7-8-17)25(31)32-14-23(30)27-19-10-9-16-5-3-4-6-18(16)11-19/h3-6,9-13,15,17H,7-8,14H2,1-2H3,(H,27,30). The van der Waals surface area contributed by atoms with E-state index in [1.165, 1.54) is 0 Å². The van der Waals surface area contributed by atoms with Crippen LogP contribution in [0.3, 0.4) is 0 Å². The lowest BCUT2D eigenvalue weighted by Gasteiger charge is -2.11. The molecule has 0 unspecified atom stereocenters. The molecule has 162 valence electrons. The molecule has 32 heavy (non-hydrogen) atoms. The molecule has 7 heteroatoms. The highest BCUT2D eigenvalue weighted by molar-refractivity contribution is 6.04. The second-order valence-corrected chi connectivity index (χ2v) is 8.48. The van der Waals surface area contributed by atoms with Crippen LogP contribution in [-0.4, -0.2) is 33.2 Å². The third kappa shape index (κ3) is 3.93. The number of fused-ring (bicyclic) bond motifs is 2. The molecule has 1 aliphatic rings. The van der Waals surface area contributed by atoms with Gasteiger partial charge in [-0.3, -0.25) is 4.79 Å². The number of carbonyl (C=O) groups is 2. The Morgan fingerprint density at radius 3 is 2.66 bits per heavy atom. The molecule has 0 atom stereocenters. The monoisotopic (exact) mass is 428 g/mol. The van der Waals surface area contributed by atoms with Gasteiger partial charge in [0.25, 0.3) is 5.91 Å². The Bertz CT molecular complexity index is 1340. The van der Waals surface area contributed by atoms with E-state index >= 15 is 0 Å². The Kier molecular flexibility index (Phi) is 5.09. The summed E-state index contributed by atoms with van der Waals surface area (Å²) in [5.74, 6) is -0.562. The van der Waals surface area contributed by atoms with Crippen molar-refractivity contribution in [3.63, 3.8) is 0 Å². The van der Waals surface area contributed by atoms with Gasteiger partial charge in [-0.1, -0.05) is 30.3 Å². The smallest absolute Gasteiger partial charge is 0.339 e. The summed E-state index contributed by atoms with van der Waals surface area (Å²) in [6.45, 7) is 3.67. The molecule has 1 amide bonds. The zero-order valence-corrected chi connectivity index (χ0v) is 18.0. The van der Waals surface area contributed by atoms with Gasteiger partial charge in [-0.25, -0.2) is 14.5 Å². The average Bonchev–Trinajstić information content (AvgIpc) is 3.55. The molecule has 0 saturated heterocycles. The topological polar surface area (TPSA) is 86.1 Å². The number of nitrogens with one attached hydrogen (secondary N) is 1. The van der Waals surface area contributed by atoms with Crippen LogP contribution in [0.2, 0.25) is 0 Å². The van der Waals surface area contributed by atoms with Crippen LogP contribution in [0.5, 0.6) is 0 Å². The quantitative estimate of drug-likeness (QED) is 0.444. The van der Waals surface area contributed by atoms with E-state index in [0.29, 0.717) is 28.2 Å². The maximum absolute atomic E-state index is 12.9. The fraction of sp³-hybridized carbons (Fsp3) is 0.280. The van der Waals surface area contributed by atoms with E-state index in [4.69, 9.17) is 9.72 Å². The summed E-state index contributed by atoms with van der Waals surface area (Å²) in [6.07, 6.45) is 3.78. The van der Waals surface area contributed by atoms with Gasteiger partial charge in [-0.15, -0.1) is 0 Å². The van der Waals surface area contributed by atoms with Crippen LogP contribution < -0.4 is 5.32 Å². The summed E-state index contributed by atoms with van der Waals surface area (Å²) < 4.78 is 7.18. The van der Waals surface area contributed by atoms with Crippen molar-refractivity contribution in [3.8, 4) is 0 Å². The molecule has 0 radical (unpaired) electrons. The zero-order chi connectivity index (χ0) is 22.2. The van der Waals surface area contributed by atoms with Crippen molar-refractivity contribution in [1.29, 1.82) is 0 Å². The SMILES string of the molecule is CC(C)n1ncc2c(C(=O)OCC(=O)Nc3ccc4ccccc4c3)cc(C3CC3)nc21. The van der Waals surface area contributed by atoms with Crippen LogP contribution in [0.1, 0.15) is 54.7 Å². The summed E-state index contributed by atoms with van der Waals surface area (Å²) in [5, 5.41) is 9.95. The Balaban J connectivity index is 1.32. The first-order valence-electron chi connectivity index (χ1n) is 10.8. The highest BCUT2D eigenvalue weighted by Crippen LogP contribution is 2.40. The van der Waals surface area contributed by atoms with Gasteiger partial charge in [0.15, 0.2) is 12.3 Å². The highest BCUT2D eigenvalue weighted by atomic mass is 16.5. The van der Waals surface area contributed by atoms with E-state index < -0.39 is 5.97 Å². The molecule has 4 aromatic rings. The Labute approximate surface area is 185 Å². The van der Waals surface area contributed by atoms with Gasteiger partial charge in [-0.05, 0) is 55.7 Å². The van der Waals surface area contributed by atoms with Gasteiger partial charge in [0.05, 0.1) is 17.1 Å². The molecule has 0 spiro atoms. The molecule has 1 saturated carbocycles. The molecule has 5 rings (SSSR count). The van der Waals surface area contributed by atoms with Gasteiger partial charge < -0.3 is 10.1 Å². The lowest BCUT2D eigenvalue weighted by molar-refractivity contribution is -0.119. The van der Waals surface area contributed by atoms with Crippen molar-refractivity contribution < 1.29 is 14.3 Å². The highest BCUT2D eigenvalue weighted by Gasteiger charge is 2.28. The van der Waals surface area contributed by atoms with Crippen LogP contribution >= 0.6 is 0 Å². The van der Waals surface area contributed by atoms with E-state index in [1.807, 2.05) is 61.0 Å². The Morgan fingerprint density at radius 2 is 1.91 bits per heavy atom. The Morgan fingerprint density at radius 1 is 1.12 bits per heavy atom. The minimum absolute atomic E-state index is 0.117. The second-order valence-electron chi connectivity index (χ2n) is 8.48. The van der Waals surface area contributed by atoms with Gasteiger partial charge in [-0.2, -0.15) is 5.10 Å². The van der Waals surface area contributed by atoms with E-state index in [0.717, 1.165) is 29.3 Å². The number of anilines is 1. The number of ether oxygens (including phenoxy) is 1. The lowest BCUT2D eigenvalue weighted by Crippen LogP contribution is -2.21. The number of aromatic nitrogens is 3. The minimum Gasteiger partial charge on any atom is -0.452 e. The molecule has 0 bridgehead atoms. The molecule has 1 aliphatic carbocycles. The number of carbonyl (C=O) groups excluding carboxylic acids is 2. The first kappa shape index (κ1) is 20.2. The number of amides is 1. The summed E-state index contributed by atoms with van der Waals surface area (Å²) in [7, 11) is 0. The normalized spacial score (nSPS) is 13.6. The largest absolute Gasteiger partial charge is 0.452 e. The fourth-order valence-electron chi connectivity index (χ4n) is 3.85. The molecule has 2 aromatic carbocycles. The van der Waals surface area contributed by atoms with E-state index in [9.17, 15) is 9.59 Å². The molecule has 2 heterocycles. The summed E-state index contributed by atoms with van der Waals surface area (Å²) in [5.41, 5.74) is 2.62. The number of benzene rings is 2. The molecule has 7 nitrogen and oxygen atoms in total. The van der Waals surface area contributed by atoms with Crippen molar-refractivity contribution in [1.82, 2.24) is 14.8 Å². The predicted octanol–water partition coefficient (Wildman–Crippen LogP) is 4.84. The van der Waals surface area contributed by atoms with Crippen molar-refractivity contribution in [3.05, 3.63) is 66.0 Å². The van der Waals surface area contributed by atoms with Gasteiger partial charge in [0, 0.05) is 23.3 Å². The third-order valence-corrected chi connectivity index (χ3v) is 5.66. The van der Waals surface area contributed by atoms with E-state index in [-0.39, 0.29) is 18.6 Å². The van der Waals surface area contributed by atoms with Gasteiger partial charge >= 0.3 is 5.97 Å². The molecule has 0 aliphatic heterocycles. The molecule has 2 aromatic heterocycles. The lowest BCUT2D eigenvalue weighted by atomic mass is 10.1. The predicted molar refractivity (Wildman–Crippen MR) is 123 cm³/mol. The van der Waals surface area contributed by atoms with Crippen LogP contribution in [0.4, 0.5) is 5.69 Å². The van der Waals surface area contributed by atoms with Crippen molar-refractivity contribution in [2.45, 2.75) is 38.6 Å². The van der Waals surface area contributed by atoms with Crippen LogP contribution in [0.25, 0.3) is 21.8 Å². The molecule has 1 N–H and O–H groups in total. The van der Waals surface area contributed by atoms with Gasteiger partial charge in [0.1, 0.15) is 0 Å². The molecular weight excluding hydrogens is 404 g/mol. The average molecular weight is 428 g/mol. The number of esters is 1. The first-order chi connectivity index (χ1) is 15.5. The minimum atomic E-state index is -0.545. The number of nitrogens with zero attached hydrogens (tertiary/aromatic N) is 3. The number of pyridine rings is 1.